The number of ether oxygens (including phenoxy) is 2. The number of rotatable bonds is 11. The number of aromatic nitrogens is 2. The summed E-state index contributed by atoms with van der Waals surface area (Å²) in [6, 6.07) is 6.16. The molecule has 0 aliphatic heterocycles. The van der Waals surface area contributed by atoms with Crippen LogP contribution in [0.4, 0.5) is 0 Å². The predicted octanol–water partition coefficient (Wildman–Crippen LogP) is 3.25. The van der Waals surface area contributed by atoms with Crippen LogP contribution in [0.3, 0.4) is 0 Å². The Morgan fingerprint density at radius 1 is 1.17 bits per heavy atom. The molecular formula is C18H27N3O2. The molecule has 0 saturated carbocycles. The fourth-order valence-electron chi connectivity index (χ4n) is 2.30. The maximum Gasteiger partial charge on any atom is 0.161 e. The van der Waals surface area contributed by atoms with Gasteiger partial charge in [-0.15, -0.1) is 0 Å². The first-order chi connectivity index (χ1) is 11.3. The van der Waals surface area contributed by atoms with Crippen LogP contribution in [0.25, 0.3) is 0 Å². The van der Waals surface area contributed by atoms with Gasteiger partial charge in [0.25, 0.3) is 0 Å². The minimum Gasteiger partial charge on any atom is -0.490 e. The molecule has 2 rings (SSSR count). The van der Waals surface area contributed by atoms with E-state index >= 15 is 0 Å². The first kappa shape index (κ1) is 17.3. The van der Waals surface area contributed by atoms with Gasteiger partial charge in [-0.05, 0) is 44.0 Å². The number of nitrogens with one attached hydrogen (secondary N) is 1. The normalized spacial score (nSPS) is 10.7. The summed E-state index contributed by atoms with van der Waals surface area (Å²) in [6.45, 7) is 8.23. The summed E-state index contributed by atoms with van der Waals surface area (Å²) in [4.78, 5) is 4.04. The van der Waals surface area contributed by atoms with Crippen LogP contribution in [-0.4, -0.2) is 29.3 Å². The van der Waals surface area contributed by atoms with E-state index in [4.69, 9.17) is 9.47 Å². The fraction of sp³-hybridized carbons (Fsp3) is 0.500. The largest absolute Gasteiger partial charge is 0.490 e. The molecule has 5 heteroatoms. The summed E-state index contributed by atoms with van der Waals surface area (Å²) in [5, 5.41) is 3.47. The Kier molecular flexibility index (Phi) is 7.46. The van der Waals surface area contributed by atoms with Crippen molar-refractivity contribution in [3.05, 3.63) is 42.5 Å². The zero-order valence-electron chi connectivity index (χ0n) is 14.1. The highest BCUT2D eigenvalue weighted by atomic mass is 16.5. The molecule has 0 amide bonds. The van der Waals surface area contributed by atoms with Crippen LogP contribution in [0.2, 0.25) is 0 Å². The van der Waals surface area contributed by atoms with Crippen LogP contribution in [0.5, 0.6) is 11.5 Å². The molecule has 0 bridgehead atoms. The lowest BCUT2D eigenvalue weighted by molar-refractivity contribution is 0.276. The van der Waals surface area contributed by atoms with Crippen LogP contribution in [0.1, 0.15) is 32.3 Å². The molecule has 5 nitrogen and oxygen atoms in total. The SMILES string of the molecule is CCCOc1ccc(CNCCCn2ccnc2)cc1OCC. The summed E-state index contributed by atoms with van der Waals surface area (Å²) in [5.41, 5.74) is 1.21. The lowest BCUT2D eigenvalue weighted by Gasteiger charge is -2.13. The Bertz CT molecular complexity index is 555. The molecule has 0 aliphatic carbocycles. The molecule has 0 atom stereocenters. The van der Waals surface area contributed by atoms with Gasteiger partial charge in [-0.2, -0.15) is 0 Å². The summed E-state index contributed by atoms with van der Waals surface area (Å²) in [7, 11) is 0. The molecule has 2 aromatic rings. The van der Waals surface area contributed by atoms with E-state index in [0.717, 1.165) is 44.0 Å². The highest BCUT2D eigenvalue weighted by Gasteiger charge is 2.06. The van der Waals surface area contributed by atoms with Crippen molar-refractivity contribution in [2.24, 2.45) is 0 Å². The number of hydrogen-bond donors (Lipinski definition) is 1. The van der Waals surface area contributed by atoms with Crippen LogP contribution >= 0.6 is 0 Å². The van der Waals surface area contributed by atoms with Crippen molar-refractivity contribution in [3.63, 3.8) is 0 Å². The molecular weight excluding hydrogens is 290 g/mol. The lowest BCUT2D eigenvalue weighted by Crippen LogP contribution is -2.16. The van der Waals surface area contributed by atoms with Crippen molar-refractivity contribution in [2.75, 3.05) is 19.8 Å². The van der Waals surface area contributed by atoms with Crippen molar-refractivity contribution in [3.8, 4) is 11.5 Å². The number of benzene rings is 1. The molecule has 1 aromatic carbocycles. The zero-order valence-corrected chi connectivity index (χ0v) is 14.1. The third-order valence-corrected chi connectivity index (χ3v) is 3.43. The average molecular weight is 317 g/mol. The fourth-order valence-corrected chi connectivity index (χ4v) is 2.30. The smallest absolute Gasteiger partial charge is 0.161 e. The Morgan fingerprint density at radius 3 is 2.83 bits per heavy atom. The van der Waals surface area contributed by atoms with Gasteiger partial charge in [-0.25, -0.2) is 4.98 Å². The third kappa shape index (κ3) is 5.94. The van der Waals surface area contributed by atoms with Gasteiger partial charge < -0.3 is 19.4 Å². The monoisotopic (exact) mass is 317 g/mol. The molecule has 0 aliphatic rings. The van der Waals surface area contributed by atoms with Crippen LogP contribution in [0.15, 0.2) is 36.9 Å². The Morgan fingerprint density at radius 2 is 2.09 bits per heavy atom. The number of aryl methyl sites for hydroxylation is 1. The molecule has 23 heavy (non-hydrogen) atoms. The van der Waals surface area contributed by atoms with Crippen LogP contribution in [0, 0.1) is 0 Å². The molecule has 1 N–H and O–H groups in total. The molecule has 126 valence electrons. The molecule has 0 unspecified atom stereocenters. The van der Waals surface area contributed by atoms with Crippen LogP contribution < -0.4 is 14.8 Å². The van der Waals surface area contributed by atoms with Crippen molar-refractivity contribution in [1.82, 2.24) is 14.9 Å². The molecule has 0 radical (unpaired) electrons. The van der Waals surface area contributed by atoms with Gasteiger partial charge >= 0.3 is 0 Å². The van der Waals surface area contributed by atoms with Gasteiger partial charge in [-0.3, -0.25) is 0 Å². The molecule has 1 aromatic heterocycles. The summed E-state index contributed by atoms with van der Waals surface area (Å²) in [5.74, 6) is 1.66. The van der Waals surface area contributed by atoms with E-state index in [1.165, 1.54) is 5.56 Å². The van der Waals surface area contributed by atoms with Gasteiger partial charge in [0.15, 0.2) is 11.5 Å². The Labute approximate surface area is 138 Å². The van der Waals surface area contributed by atoms with Crippen molar-refractivity contribution in [2.45, 2.75) is 39.8 Å². The van der Waals surface area contributed by atoms with E-state index in [1.807, 2.05) is 31.7 Å². The van der Waals surface area contributed by atoms with E-state index < -0.39 is 0 Å². The Balaban J connectivity index is 1.78. The van der Waals surface area contributed by atoms with Gasteiger partial charge in [-0.1, -0.05) is 13.0 Å². The number of nitrogens with zero attached hydrogens (tertiary/aromatic N) is 2. The minimum atomic E-state index is 0.643. The molecule has 1 heterocycles. The standard InChI is InChI=1S/C18H27N3O2/c1-3-12-23-17-7-6-16(13-18(17)22-4-2)14-19-8-5-10-21-11-9-20-15-21/h6-7,9,11,13,15,19H,3-5,8,10,12,14H2,1-2H3. The minimum absolute atomic E-state index is 0.643. The number of hydrogen-bond acceptors (Lipinski definition) is 4. The third-order valence-electron chi connectivity index (χ3n) is 3.43. The van der Waals surface area contributed by atoms with E-state index in [0.29, 0.717) is 13.2 Å². The van der Waals surface area contributed by atoms with Crippen molar-refractivity contribution >= 4 is 0 Å². The second kappa shape index (κ2) is 9.90. The maximum atomic E-state index is 5.72. The number of imidazole rings is 1. The van der Waals surface area contributed by atoms with Gasteiger partial charge in [0.2, 0.25) is 0 Å². The lowest BCUT2D eigenvalue weighted by atomic mass is 10.2. The van der Waals surface area contributed by atoms with Gasteiger partial charge in [0.1, 0.15) is 0 Å². The van der Waals surface area contributed by atoms with E-state index in [1.54, 1.807) is 0 Å². The molecule has 0 saturated heterocycles. The second-order valence-corrected chi connectivity index (χ2v) is 5.39. The van der Waals surface area contributed by atoms with Gasteiger partial charge in [0, 0.05) is 25.5 Å². The summed E-state index contributed by atoms with van der Waals surface area (Å²) < 4.78 is 13.5. The Hall–Kier alpha value is -2.01. The summed E-state index contributed by atoms with van der Waals surface area (Å²) in [6.07, 6.45) is 7.72. The average Bonchev–Trinajstić information content (AvgIpc) is 3.07. The predicted molar refractivity (Wildman–Crippen MR) is 91.9 cm³/mol. The van der Waals surface area contributed by atoms with Crippen molar-refractivity contribution < 1.29 is 9.47 Å². The van der Waals surface area contributed by atoms with Crippen molar-refractivity contribution in [1.29, 1.82) is 0 Å². The second-order valence-electron chi connectivity index (χ2n) is 5.39. The highest BCUT2D eigenvalue weighted by molar-refractivity contribution is 5.43. The summed E-state index contributed by atoms with van der Waals surface area (Å²) >= 11 is 0. The highest BCUT2D eigenvalue weighted by Crippen LogP contribution is 2.28. The molecule has 0 spiro atoms. The maximum absolute atomic E-state index is 5.72. The topological polar surface area (TPSA) is 48.3 Å². The van der Waals surface area contributed by atoms with E-state index in [9.17, 15) is 0 Å². The van der Waals surface area contributed by atoms with E-state index in [2.05, 4.69) is 33.9 Å². The van der Waals surface area contributed by atoms with Crippen LogP contribution in [-0.2, 0) is 13.1 Å². The van der Waals surface area contributed by atoms with E-state index in [-0.39, 0.29) is 0 Å². The first-order valence-corrected chi connectivity index (χ1v) is 8.38. The first-order valence-electron chi connectivity index (χ1n) is 8.38. The quantitative estimate of drug-likeness (QED) is 0.646. The van der Waals surface area contributed by atoms with Gasteiger partial charge in [0.05, 0.1) is 19.5 Å². The molecule has 0 fully saturated rings. The zero-order chi connectivity index (χ0) is 16.3.